The Hall–Kier alpha value is -5.74. The van der Waals surface area contributed by atoms with Crippen molar-refractivity contribution in [1.82, 2.24) is 29.5 Å². The van der Waals surface area contributed by atoms with E-state index < -0.39 is 35.9 Å². The number of halogens is 1. The molecule has 1 atom stereocenters. The second-order valence-corrected chi connectivity index (χ2v) is 17.3. The standard InChI is InChI=1S/C44H57N9O7.ClH/c1-26(2)38-33-20-31(13-14-35(33)49-39(38)34-21-52-40(47-25-48-52)28(4)27(34)3)30-15-18-53(19-16-30,23-36(45)54)29(5)59-43(57)51(10)41-32(12-11-17-46-41)24-58-37(55)22-50(9)42(56)60-44(6,7)8;/h11-14,17,20-21,25-26,29-30,49H,15-16,18-19,22-24H2,1-10H3,(H-,45,54);1H. The van der Waals surface area contributed by atoms with Gasteiger partial charge in [-0.05, 0) is 86.9 Å². The smallest absolute Gasteiger partial charge is 0.419 e. The molecule has 0 spiro atoms. The molecule has 17 heteroatoms. The van der Waals surface area contributed by atoms with Crippen molar-refractivity contribution in [1.29, 1.82) is 0 Å². The second kappa shape index (κ2) is 18.5. The number of nitrogens with two attached hydrogens (primary N) is 1. The molecular formula is C44H58ClN9O7. The van der Waals surface area contributed by atoms with Gasteiger partial charge in [0.2, 0.25) is 6.23 Å². The molecule has 1 fully saturated rings. The molecule has 0 saturated carbocycles. The number of H-pyrrole nitrogens is 1. The third kappa shape index (κ3) is 10.1. The topological polar surface area (TPSA) is 187 Å². The number of primary amides is 1. The number of carbonyl (C=O) groups is 4. The van der Waals surface area contributed by atoms with E-state index in [0.29, 0.717) is 18.7 Å². The van der Waals surface area contributed by atoms with Crippen molar-refractivity contribution in [3.63, 3.8) is 0 Å². The van der Waals surface area contributed by atoms with E-state index in [4.69, 9.17) is 19.9 Å². The highest BCUT2D eigenvalue weighted by atomic mass is 35.5. The maximum atomic E-state index is 13.7. The number of hydrogen-bond donors (Lipinski definition) is 2. The lowest BCUT2D eigenvalue weighted by Gasteiger charge is -2.46. The van der Waals surface area contributed by atoms with Gasteiger partial charge in [-0.15, -0.1) is 0 Å². The van der Waals surface area contributed by atoms with E-state index in [0.717, 1.165) is 51.3 Å². The number of aromatic nitrogens is 5. The summed E-state index contributed by atoms with van der Waals surface area (Å²) < 4.78 is 18.8. The molecule has 1 aliphatic rings. The minimum Gasteiger partial charge on any atom is -1.00 e. The van der Waals surface area contributed by atoms with Crippen LogP contribution in [0.4, 0.5) is 15.4 Å². The molecular weight excluding hydrogens is 802 g/mol. The van der Waals surface area contributed by atoms with Crippen molar-refractivity contribution < 1.29 is 50.3 Å². The van der Waals surface area contributed by atoms with Gasteiger partial charge in [-0.1, -0.05) is 26.0 Å². The van der Waals surface area contributed by atoms with E-state index in [-0.39, 0.29) is 54.2 Å². The summed E-state index contributed by atoms with van der Waals surface area (Å²) >= 11 is 0. The lowest BCUT2D eigenvalue weighted by atomic mass is 9.86. The van der Waals surface area contributed by atoms with E-state index in [9.17, 15) is 19.2 Å². The number of aryl methyl sites for hydroxylation is 1. The van der Waals surface area contributed by atoms with Crippen LogP contribution in [0.3, 0.4) is 0 Å². The van der Waals surface area contributed by atoms with Gasteiger partial charge in [-0.3, -0.25) is 19.0 Å². The predicted octanol–water partition coefficient (Wildman–Crippen LogP) is 3.73. The molecule has 4 aromatic heterocycles. The number of ether oxygens (including phenoxy) is 3. The van der Waals surface area contributed by atoms with Gasteiger partial charge in [-0.25, -0.2) is 24.1 Å². The molecule has 1 saturated heterocycles. The Morgan fingerprint density at radius 2 is 1.72 bits per heavy atom. The van der Waals surface area contributed by atoms with Crippen molar-refractivity contribution in [2.45, 2.75) is 98.5 Å². The van der Waals surface area contributed by atoms with Crippen LogP contribution in [-0.2, 0) is 30.4 Å². The average molecular weight is 860 g/mol. The van der Waals surface area contributed by atoms with Crippen LogP contribution in [0.2, 0.25) is 0 Å². The lowest BCUT2D eigenvalue weighted by molar-refractivity contribution is -0.964. The van der Waals surface area contributed by atoms with E-state index in [1.807, 2.05) is 4.52 Å². The van der Waals surface area contributed by atoms with Gasteiger partial charge in [0.25, 0.3) is 5.91 Å². The highest BCUT2D eigenvalue weighted by molar-refractivity contribution is 5.93. The summed E-state index contributed by atoms with van der Waals surface area (Å²) in [5.41, 5.74) is 14.4. The number of quaternary nitrogens is 1. The van der Waals surface area contributed by atoms with Crippen LogP contribution in [0.1, 0.15) is 94.0 Å². The van der Waals surface area contributed by atoms with Crippen molar-refractivity contribution >= 4 is 46.4 Å². The molecule has 1 aliphatic heterocycles. The fourth-order valence-corrected chi connectivity index (χ4v) is 8.20. The van der Waals surface area contributed by atoms with Gasteiger partial charge in [0.1, 0.15) is 30.9 Å². The summed E-state index contributed by atoms with van der Waals surface area (Å²) in [6.07, 6.45) is 4.60. The van der Waals surface area contributed by atoms with Crippen molar-refractivity contribution in [2.24, 2.45) is 5.73 Å². The average Bonchev–Trinajstić information content (AvgIpc) is 3.82. The van der Waals surface area contributed by atoms with Crippen LogP contribution >= 0.6 is 0 Å². The maximum Gasteiger partial charge on any atom is 0.419 e. The zero-order valence-corrected chi connectivity index (χ0v) is 37.5. The molecule has 0 radical (unpaired) electrons. The van der Waals surface area contributed by atoms with Crippen LogP contribution in [0.5, 0.6) is 0 Å². The normalized spacial score (nSPS) is 17.1. The minimum absolute atomic E-state index is 0. The van der Waals surface area contributed by atoms with Gasteiger partial charge in [0.15, 0.2) is 12.2 Å². The van der Waals surface area contributed by atoms with E-state index in [1.165, 1.54) is 41.7 Å². The summed E-state index contributed by atoms with van der Waals surface area (Å²) in [5, 5.41) is 5.61. The summed E-state index contributed by atoms with van der Waals surface area (Å²) in [7, 11) is 2.96. The number of amides is 3. The van der Waals surface area contributed by atoms with E-state index >= 15 is 0 Å². The third-order valence-corrected chi connectivity index (χ3v) is 11.6. The summed E-state index contributed by atoms with van der Waals surface area (Å²) in [4.78, 5) is 66.1. The van der Waals surface area contributed by atoms with Gasteiger partial charge in [-0.2, -0.15) is 5.10 Å². The highest BCUT2D eigenvalue weighted by Gasteiger charge is 2.43. The highest BCUT2D eigenvalue weighted by Crippen LogP contribution is 2.41. The Morgan fingerprint density at radius 3 is 2.38 bits per heavy atom. The SMILES string of the molecule is Cc1c(-c2[nH]c3ccc(C4CC[N+](CC(N)=O)(C(C)OC(=O)N(C)c5ncccc5COC(=O)CN(C)C(=O)OC(C)(C)C)CC4)cc3c2C(C)C)cn2ncnc2c1C.[Cl-]. The first-order chi connectivity index (χ1) is 28.3. The molecule has 3 N–H and O–H groups in total. The number of rotatable bonds is 12. The molecule has 16 nitrogen and oxygen atoms in total. The largest absolute Gasteiger partial charge is 1.00 e. The van der Waals surface area contributed by atoms with Gasteiger partial charge >= 0.3 is 18.2 Å². The van der Waals surface area contributed by atoms with E-state index in [1.54, 1.807) is 46.2 Å². The molecule has 5 aromatic rings. The maximum absolute atomic E-state index is 13.7. The van der Waals surface area contributed by atoms with Crippen molar-refractivity contribution in [3.8, 4) is 11.3 Å². The molecule has 1 unspecified atom stereocenters. The van der Waals surface area contributed by atoms with Crippen LogP contribution in [-0.4, -0.2) is 110 Å². The Balaban J connectivity index is 0.00000704. The number of fused-ring (bicyclic) bond motifs is 2. The number of benzene rings is 1. The molecule has 5 heterocycles. The van der Waals surface area contributed by atoms with Gasteiger partial charge < -0.3 is 42.2 Å². The number of likely N-dealkylation sites (tertiary alicyclic amines) is 1. The number of aromatic amines is 1. The molecule has 3 amide bonds. The van der Waals surface area contributed by atoms with Crippen LogP contribution < -0.4 is 23.0 Å². The predicted molar refractivity (Wildman–Crippen MR) is 227 cm³/mol. The number of anilines is 1. The second-order valence-electron chi connectivity index (χ2n) is 17.3. The first kappa shape index (κ1) is 46.3. The zero-order chi connectivity index (χ0) is 43.7. The quantitative estimate of drug-likeness (QED) is 0.106. The minimum atomic E-state index is -0.716. The molecule has 0 bridgehead atoms. The van der Waals surface area contributed by atoms with Crippen molar-refractivity contribution in [2.75, 3.05) is 45.2 Å². The number of carbonyl (C=O) groups excluding carboxylic acids is 4. The molecule has 0 aliphatic carbocycles. The van der Waals surface area contributed by atoms with Crippen LogP contribution in [0.15, 0.2) is 49.1 Å². The number of hydrogen-bond acceptors (Lipinski definition) is 10. The number of esters is 1. The summed E-state index contributed by atoms with van der Waals surface area (Å²) in [6, 6.07) is 9.99. The molecule has 1 aromatic carbocycles. The number of nitrogens with zero attached hydrogens (tertiary/aromatic N) is 7. The zero-order valence-electron chi connectivity index (χ0n) is 36.7. The Morgan fingerprint density at radius 1 is 1.02 bits per heavy atom. The molecule has 6 rings (SSSR count). The Bertz CT molecular complexity index is 2410. The first-order valence-electron chi connectivity index (χ1n) is 20.4. The third-order valence-electron chi connectivity index (χ3n) is 11.6. The first-order valence-corrected chi connectivity index (χ1v) is 20.4. The Labute approximate surface area is 362 Å². The van der Waals surface area contributed by atoms with E-state index in [2.05, 4.69) is 72.1 Å². The number of nitrogens with one attached hydrogen (secondary N) is 1. The molecule has 61 heavy (non-hydrogen) atoms. The van der Waals surface area contributed by atoms with Gasteiger partial charge in [0.05, 0.1) is 18.8 Å². The van der Waals surface area contributed by atoms with Crippen LogP contribution in [0, 0.1) is 13.8 Å². The van der Waals surface area contributed by atoms with Crippen LogP contribution in [0.25, 0.3) is 27.8 Å². The fourth-order valence-electron chi connectivity index (χ4n) is 8.20. The number of piperidine rings is 1. The van der Waals surface area contributed by atoms with Gasteiger partial charge in [0, 0.05) is 68.3 Å². The number of likely N-dealkylation sites (N-methyl/N-ethyl adjacent to an activating group) is 1. The summed E-state index contributed by atoms with van der Waals surface area (Å²) in [6.45, 7) is 16.2. The fraction of sp³-hybridized carbons (Fsp3) is 0.477. The Kier molecular flexibility index (Phi) is 14.0. The number of pyridine rings is 2. The summed E-state index contributed by atoms with van der Waals surface area (Å²) in [5.74, 6) is -0.450. The molecule has 328 valence electrons. The van der Waals surface area contributed by atoms with Crippen molar-refractivity contribution in [3.05, 3.63) is 76.9 Å². The lowest BCUT2D eigenvalue weighted by Crippen LogP contribution is -3.00. The monoisotopic (exact) mass is 859 g/mol.